The van der Waals surface area contributed by atoms with E-state index >= 15 is 0 Å². The first-order chi connectivity index (χ1) is 11.7. The Morgan fingerprint density at radius 3 is 2.88 bits per heavy atom. The standard InChI is InChI=1S/C19H16ClNO3/c1-23-15-6-8-18-14(10-15)11-16(24-18)7-9-19(22)21-12-13-4-2-3-5-17(13)20/h2-11H,12H2,1H3,(H,21,22). The summed E-state index contributed by atoms with van der Waals surface area (Å²) in [6.45, 7) is 0.375. The first-order valence-electron chi connectivity index (χ1n) is 7.42. The summed E-state index contributed by atoms with van der Waals surface area (Å²) in [7, 11) is 1.62. The monoisotopic (exact) mass is 341 g/mol. The average molecular weight is 342 g/mol. The molecule has 1 heterocycles. The lowest BCUT2D eigenvalue weighted by molar-refractivity contribution is -0.116. The van der Waals surface area contributed by atoms with Gasteiger partial charge >= 0.3 is 0 Å². The van der Waals surface area contributed by atoms with Crippen molar-refractivity contribution in [2.45, 2.75) is 6.54 Å². The molecule has 0 spiro atoms. The van der Waals surface area contributed by atoms with Crippen LogP contribution in [0.25, 0.3) is 17.0 Å². The highest BCUT2D eigenvalue weighted by Crippen LogP contribution is 2.24. The molecule has 1 amide bonds. The van der Waals surface area contributed by atoms with E-state index in [0.717, 1.165) is 22.3 Å². The van der Waals surface area contributed by atoms with Gasteiger partial charge in [-0.15, -0.1) is 0 Å². The normalized spacial score (nSPS) is 11.1. The highest BCUT2D eigenvalue weighted by atomic mass is 35.5. The highest BCUT2D eigenvalue weighted by molar-refractivity contribution is 6.31. The number of methoxy groups -OCH3 is 1. The highest BCUT2D eigenvalue weighted by Gasteiger charge is 2.04. The van der Waals surface area contributed by atoms with E-state index in [1.807, 2.05) is 42.5 Å². The van der Waals surface area contributed by atoms with Crippen molar-refractivity contribution in [2.24, 2.45) is 0 Å². The zero-order valence-corrected chi connectivity index (χ0v) is 13.8. The van der Waals surface area contributed by atoms with E-state index in [1.54, 1.807) is 19.3 Å². The van der Waals surface area contributed by atoms with Crippen LogP contribution in [-0.4, -0.2) is 13.0 Å². The molecule has 1 aromatic heterocycles. The molecule has 0 fully saturated rings. The SMILES string of the molecule is COc1ccc2oc(C=CC(=O)NCc3ccccc3Cl)cc2c1. The van der Waals surface area contributed by atoms with Crippen molar-refractivity contribution >= 4 is 34.6 Å². The number of halogens is 1. The van der Waals surface area contributed by atoms with E-state index in [4.69, 9.17) is 20.8 Å². The van der Waals surface area contributed by atoms with Gasteiger partial charge < -0.3 is 14.5 Å². The van der Waals surface area contributed by atoms with Crippen LogP contribution in [0.2, 0.25) is 5.02 Å². The average Bonchev–Trinajstić information content (AvgIpc) is 3.01. The molecule has 3 rings (SSSR count). The summed E-state index contributed by atoms with van der Waals surface area (Å²) in [5.41, 5.74) is 1.61. The van der Waals surface area contributed by atoms with Gasteiger partial charge in [-0.05, 0) is 42.0 Å². The number of hydrogen-bond acceptors (Lipinski definition) is 3. The van der Waals surface area contributed by atoms with Gasteiger partial charge in [0, 0.05) is 23.0 Å². The summed E-state index contributed by atoms with van der Waals surface area (Å²) in [6.07, 6.45) is 3.07. The van der Waals surface area contributed by atoms with Crippen molar-refractivity contribution in [1.82, 2.24) is 5.32 Å². The van der Waals surface area contributed by atoms with Crippen molar-refractivity contribution in [3.05, 3.63) is 71.0 Å². The van der Waals surface area contributed by atoms with Gasteiger partial charge in [0.2, 0.25) is 5.91 Å². The van der Waals surface area contributed by atoms with E-state index in [-0.39, 0.29) is 5.91 Å². The van der Waals surface area contributed by atoms with Crippen molar-refractivity contribution in [3.8, 4) is 5.75 Å². The zero-order valence-electron chi connectivity index (χ0n) is 13.1. The summed E-state index contributed by atoms with van der Waals surface area (Å²) >= 11 is 6.06. The number of carbonyl (C=O) groups is 1. The maximum absolute atomic E-state index is 11.9. The third-order valence-corrected chi connectivity index (χ3v) is 3.92. The van der Waals surface area contributed by atoms with Gasteiger partial charge in [-0.2, -0.15) is 0 Å². The number of hydrogen-bond donors (Lipinski definition) is 1. The molecule has 0 aliphatic carbocycles. The van der Waals surface area contributed by atoms with Crippen molar-refractivity contribution in [1.29, 1.82) is 0 Å². The second-order valence-electron chi connectivity index (χ2n) is 5.20. The zero-order chi connectivity index (χ0) is 16.9. The van der Waals surface area contributed by atoms with Gasteiger partial charge in [0.15, 0.2) is 0 Å². The summed E-state index contributed by atoms with van der Waals surface area (Å²) < 4.78 is 10.8. The van der Waals surface area contributed by atoms with E-state index in [9.17, 15) is 4.79 Å². The molecule has 3 aromatic rings. The number of nitrogens with one attached hydrogen (secondary N) is 1. The van der Waals surface area contributed by atoms with Crippen LogP contribution in [0.3, 0.4) is 0 Å². The quantitative estimate of drug-likeness (QED) is 0.699. The molecule has 0 aliphatic heterocycles. The smallest absolute Gasteiger partial charge is 0.244 e. The Kier molecular flexibility index (Phi) is 4.87. The fourth-order valence-corrected chi connectivity index (χ4v) is 2.49. The number of carbonyl (C=O) groups excluding carboxylic acids is 1. The molecule has 0 radical (unpaired) electrons. The summed E-state index contributed by atoms with van der Waals surface area (Å²) in [4.78, 5) is 11.9. The van der Waals surface area contributed by atoms with Crippen LogP contribution in [-0.2, 0) is 11.3 Å². The molecule has 4 nitrogen and oxygen atoms in total. The van der Waals surface area contributed by atoms with Crippen LogP contribution in [0.1, 0.15) is 11.3 Å². The lowest BCUT2D eigenvalue weighted by Gasteiger charge is -2.04. The lowest BCUT2D eigenvalue weighted by Crippen LogP contribution is -2.20. The van der Waals surface area contributed by atoms with Gasteiger partial charge in [0.25, 0.3) is 0 Å². The fraction of sp³-hybridized carbons (Fsp3) is 0.105. The minimum Gasteiger partial charge on any atom is -0.497 e. The lowest BCUT2D eigenvalue weighted by atomic mass is 10.2. The number of furan rings is 1. The van der Waals surface area contributed by atoms with Crippen LogP contribution in [0.5, 0.6) is 5.75 Å². The van der Waals surface area contributed by atoms with Gasteiger partial charge in [0.1, 0.15) is 17.1 Å². The van der Waals surface area contributed by atoms with Crippen LogP contribution in [0.4, 0.5) is 0 Å². The third-order valence-electron chi connectivity index (χ3n) is 3.55. The van der Waals surface area contributed by atoms with E-state index in [1.165, 1.54) is 6.08 Å². The Balaban J connectivity index is 1.64. The van der Waals surface area contributed by atoms with Crippen molar-refractivity contribution in [3.63, 3.8) is 0 Å². The minimum absolute atomic E-state index is 0.215. The summed E-state index contributed by atoms with van der Waals surface area (Å²) in [5, 5.41) is 4.34. The van der Waals surface area contributed by atoms with Crippen molar-refractivity contribution < 1.29 is 13.9 Å². The first-order valence-corrected chi connectivity index (χ1v) is 7.80. The Bertz CT molecular complexity index is 899. The van der Waals surface area contributed by atoms with Gasteiger partial charge in [-0.1, -0.05) is 29.8 Å². The van der Waals surface area contributed by atoms with Crippen LogP contribution >= 0.6 is 11.6 Å². The summed E-state index contributed by atoms with van der Waals surface area (Å²) in [5.74, 6) is 1.15. The predicted molar refractivity (Wildman–Crippen MR) is 95.1 cm³/mol. The Labute approximate surface area is 144 Å². The molecule has 5 heteroatoms. The molecule has 0 atom stereocenters. The Morgan fingerprint density at radius 2 is 2.08 bits per heavy atom. The molecule has 0 aliphatic rings. The largest absolute Gasteiger partial charge is 0.497 e. The predicted octanol–water partition coefficient (Wildman–Crippen LogP) is 4.42. The molecule has 0 saturated carbocycles. The molecular weight excluding hydrogens is 326 g/mol. The summed E-state index contributed by atoms with van der Waals surface area (Å²) in [6, 6.07) is 14.8. The van der Waals surface area contributed by atoms with Gasteiger partial charge in [0.05, 0.1) is 7.11 Å². The number of benzene rings is 2. The maximum atomic E-state index is 11.9. The molecule has 0 saturated heterocycles. The van der Waals surface area contributed by atoms with E-state index < -0.39 is 0 Å². The topological polar surface area (TPSA) is 51.5 Å². The number of ether oxygens (including phenoxy) is 1. The Morgan fingerprint density at radius 1 is 1.25 bits per heavy atom. The van der Waals surface area contributed by atoms with E-state index in [2.05, 4.69) is 5.32 Å². The molecule has 1 N–H and O–H groups in total. The molecule has 24 heavy (non-hydrogen) atoms. The molecular formula is C19H16ClNO3. The van der Waals surface area contributed by atoms with Crippen molar-refractivity contribution in [2.75, 3.05) is 7.11 Å². The number of rotatable bonds is 5. The molecule has 2 aromatic carbocycles. The second kappa shape index (κ2) is 7.23. The minimum atomic E-state index is -0.215. The maximum Gasteiger partial charge on any atom is 0.244 e. The molecule has 0 unspecified atom stereocenters. The van der Waals surface area contributed by atoms with Gasteiger partial charge in [-0.25, -0.2) is 0 Å². The fourth-order valence-electron chi connectivity index (χ4n) is 2.29. The third kappa shape index (κ3) is 3.78. The first kappa shape index (κ1) is 16.1. The number of fused-ring (bicyclic) bond motifs is 1. The molecule has 0 bridgehead atoms. The second-order valence-corrected chi connectivity index (χ2v) is 5.60. The van der Waals surface area contributed by atoms with E-state index in [0.29, 0.717) is 17.3 Å². The molecule has 122 valence electrons. The van der Waals surface area contributed by atoms with Crippen LogP contribution < -0.4 is 10.1 Å². The number of amides is 1. The van der Waals surface area contributed by atoms with Crippen LogP contribution in [0.15, 0.2) is 59.0 Å². The van der Waals surface area contributed by atoms with Gasteiger partial charge in [-0.3, -0.25) is 4.79 Å². The van der Waals surface area contributed by atoms with Crippen LogP contribution in [0, 0.1) is 0 Å². The Hall–Kier alpha value is -2.72.